The van der Waals surface area contributed by atoms with Crippen LogP contribution in [0.3, 0.4) is 0 Å². The highest BCUT2D eigenvalue weighted by Gasteiger charge is 2.23. The number of carbonyl (C=O) groups is 2. The van der Waals surface area contributed by atoms with Crippen molar-refractivity contribution < 1.29 is 14.3 Å². The van der Waals surface area contributed by atoms with Gasteiger partial charge in [-0.3, -0.25) is 4.79 Å². The zero-order valence-corrected chi connectivity index (χ0v) is 14.0. The van der Waals surface area contributed by atoms with Gasteiger partial charge in [0.2, 0.25) is 0 Å². The van der Waals surface area contributed by atoms with Crippen LogP contribution in [0.4, 0.5) is 0 Å². The second-order valence-corrected chi connectivity index (χ2v) is 6.57. The number of hydrogen-bond acceptors (Lipinski definition) is 3. The van der Waals surface area contributed by atoms with Crippen LogP contribution in [-0.2, 0) is 9.53 Å². The molecular formula is C15H20BrNO3. The van der Waals surface area contributed by atoms with E-state index in [0.717, 1.165) is 5.56 Å². The Hall–Kier alpha value is -1.36. The number of amides is 1. The summed E-state index contributed by atoms with van der Waals surface area (Å²) in [5.41, 5.74) is 0.972. The molecule has 0 unspecified atom stereocenters. The normalized spacial score (nSPS) is 12.7. The van der Waals surface area contributed by atoms with Gasteiger partial charge in [-0.25, -0.2) is 4.79 Å². The van der Waals surface area contributed by atoms with E-state index in [2.05, 4.69) is 21.2 Å². The van der Waals surface area contributed by atoms with Gasteiger partial charge in [-0.15, -0.1) is 0 Å². The molecule has 0 saturated carbocycles. The summed E-state index contributed by atoms with van der Waals surface area (Å²) in [7, 11) is 0. The van der Waals surface area contributed by atoms with Crippen molar-refractivity contribution >= 4 is 27.8 Å². The molecule has 0 saturated heterocycles. The quantitative estimate of drug-likeness (QED) is 0.858. The Kier molecular flexibility index (Phi) is 5.34. The van der Waals surface area contributed by atoms with Crippen molar-refractivity contribution in [1.82, 2.24) is 5.32 Å². The predicted octanol–water partition coefficient (Wildman–Crippen LogP) is 3.22. The molecule has 1 atom stereocenters. The van der Waals surface area contributed by atoms with Gasteiger partial charge in [0, 0.05) is 4.47 Å². The van der Waals surface area contributed by atoms with Crippen LogP contribution in [0, 0.1) is 6.92 Å². The number of esters is 1. The van der Waals surface area contributed by atoms with Crippen LogP contribution in [0.2, 0.25) is 0 Å². The molecule has 110 valence electrons. The van der Waals surface area contributed by atoms with Crippen LogP contribution in [-0.4, -0.2) is 23.5 Å². The maximum atomic E-state index is 12.1. The number of hydrogen-bond donors (Lipinski definition) is 1. The van der Waals surface area contributed by atoms with Crippen molar-refractivity contribution in [3.8, 4) is 0 Å². The average Bonchev–Trinajstić information content (AvgIpc) is 2.26. The maximum Gasteiger partial charge on any atom is 0.328 e. The molecule has 1 amide bonds. The smallest absolute Gasteiger partial charge is 0.328 e. The van der Waals surface area contributed by atoms with Gasteiger partial charge in [-0.2, -0.15) is 0 Å². The van der Waals surface area contributed by atoms with Crippen LogP contribution in [0.25, 0.3) is 0 Å². The molecule has 0 bridgehead atoms. The van der Waals surface area contributed by atoms with E-state index in [9.17, 15) is 9.59 Å². The number of halogens is 1. The molecule has 4 nitrogen and oxygen atoms in total. The molecule has 20 heavy (non-hydrogen) atoms. The highest BCUT2D eigenvalue weighted by Crippen LogP contribution is 2.18. The van der Waals surface area contributed by atoms with Crippen molar-refractivity contribution in [3.05, 3.63) is 33.8 Å². The molecule has 1 aromatic carbocycles. The highest BCUT2D eigenvalue weighted by atomic mass is 79.9. The minimum absolute atomic E-state index is 0.310. The zero-order chi connectivity index (χ0) is 15.5. The summed E-state index contributed by atoms with van der Waals surface area (Å²) in [6.07, 6.45) is 0. The van der Waals surface area contributed by atoms with Gasteiger partial charge in [-0.1, -0.05) is 6.07 Å². The zero-order valence-electron chi connectivity index (χ0n) is 12.4. The standard InChI is InChI=1S/C15H20BrNO3/c1-9-6-7-11(12(16)8-9)13(18)17-10(2)14(19)20-15(3,4)5/h6-8,10H,1-5H3,(H,17,18)/t10-/m1/s1. The predicted molar refractivity (Wildman–Crippen MR) is 81.7 cm³/mol. The Morgan fingerprint density at radius 2 is 1.90 bits per heavy atom. The molecule has 0 aromatic heterocycles. The van der Waals surface area contributed by atoms with E-state index in [1.165, 1.54) is 0 Å². The first-order valence-corrected chi connectivity index (χ1v) is 7.19. The average molecular weight is 342 g/mol. The molecule has 5 heteroatoms. The number of nitrogens with one attached hydrogen (secondary N) is 1. The molecule has 1 N–H and O–H groups in total. The maximum absolute atomic E-state index is 12.1. The third-order valence-electron chi connectivity index (χ3n) is 2.48. The Balaban J connectivity index is 2.73. The molecule has 0 aliphatic heterocycles. The number of carbonyl (C=O) groups excluding carboxylic acids is 2. The molecule has 0 spiro atoms. The van der Waals surface area contributed by atoms with Gasteiger partial charge in [0.05, 0.1) is 5.56 Å². The lowest BCUT2D eigenvalue weighted by molar-refractivity contribution is -0.156. The summed E-state index contributed by atoms with van der Waals surface area (Å²) in [5, 5.41) is 2.64. The van der Waals surface area contributed by atoms with E-state index in [0.29, 0.717) is 10.0 Å². The lowest BCUT2D eigenvalue weighted by atomic mass is 10.1. The fraction of sp³-hybridized carbons (Fsp3) is 0.467. The summed E-state index contributed by atoms with van der Waals surface area (Å²) in [5.74, 6) is -0.760. The van der Waals surface area contributed by atoms with Gasteiger partial charge >= 0.3 is 5.97 Å². The fourth-order valence-electron chi connectivity index (χ4n) is 1.53. The molecule has 1 rings (SSSR count). The molecule has 0 radical (unpaired) electrons. The van der Waals surface area contributed by atoms with E-state index in [1.807, 2.05) is 19.1 Å². The monoisotopic (exact) mass is 341 g/mol. The van der Waals surface area contributed by atoms with Crippen molar-refractivity contribution in [1.29, 1.82) is 0 Å². The van der Waals surface area contributed by atoms with Crippen LogP contribution in [0.5, 0.6) is 0 Å². The molecule has 0 aliphatic rings. The third-order valence-corrected chi connectivity index (χ3v) is 3.13. The van der Waals surface area contributed by atoms with Crippen molar-refractivity contribution in [2.45, 2.75) is 46.3 Å². The van der Waals surface area contributed by atoms with Crippen LogP contribution in [0.15, 0.2) is 22.7 Å². The number of benzene rings is 1. The minimum Gasteiger partial charge on any atom is -0.458 e. The van der Waals surface area contributed by atoms with Crippen molar-refractivity contribution in [2.75, 3.05) is 0 Å². The Morgan fingerprint density at radius 1 is 1.30 bits per heavy atom. The number of rotatable bonds is 3. The Labute approximate surface area is 128 Å². The molecule has 0 aliphatic carbocycles. The summed E-state index contributed by atoms with van der Waals surface area (Å²) < 4.78 is 5.92. The van der Waals surface area contributed by atoms with E-state index in [4.69, 9.17) is 4.74 Å². The van der Waals surface area contributed by atoms with Gasteiger partial charge in [0.1, 0.15) is 11.6 Å². The molecular weight excluding hydrogens is 322 g/mol. The summed E-state index contributed by atoms with van der Waals surface area (Å²) in [4.78, 5) is 23.9. The highest BCUT2D eigenvalue weighted by molar-refractivity contribution is 9.10. The van der Waals surface area contributed by atoms with E-state index in [1.54, 1.807) is 33.8 Å². The van der Waals surface area contributed by atoms with Crippen LogP contribution in [0.1, 0.15) is 43.6 Å². The Bertz CT molecular complexity index is 520. The summed E-state index contributed by atoms with van der Waals surface area (Å²) in [6.45, 7) is 8.91. The third kappa shape index (κ3) is 4.96. The largest absolute Gasteiger partial charge is 0.458 e. The van der Waals surface area contributed by atoms with Gasteiger partial charge < -0.3 is 10.1 Å². The first-order chi connectivity index (χ1) is 9.10. The molecule has 1 aromatic rings. The first-order valence-electron chi connectivity index (χ1n) is 6.40. The lowest BCUT2D eigenvalue weighted by Gasteiger charge is -2.22. The molecule has 0 heterocycles. The van der Waals surface area contributed by atoms with E-state index in [-0.39, 0.29) is 5.91 Å². The van der Waals surface area contributed by atoms with Gasteiger partial charge in [0.15, 0.2) is 0 Å². The van der Waals surface area contributed by atoms with Gasteiger partial charge in [-0.05, 0) is 68.2 Å². The van der Waals surface area contributed by atoms with Crippen molar-refractivity contribution in [3.63, 3.8) is 0 Å². The van der Waals surface area contributed by atoms with Gasteiger partial charge in [0.25, 0.3) is 5.91 Å². The number of aryl methyl sites for hydroxylation is 1. The summed E-state index contributed by atoms with van der Waals surface area (Å²) in [6, 6.07) is 4.72. The second-order valence-electron chi connectivity index (χ2n) is 5.71. The number of ether oxygens (including phenoxy) is 1. The SMILES string of the molecule is Cc1ccc(C(=O)N[C@H](C)C(=O)OC(C)(C)C)c(Br)c1. The summed E-state index contributed by atoms with van der Waals surface area (Å²) >= 11 is 3.35. The topological polar surface area (TPSA) is 55.4 Å². The lowest BCUT2D eigenvalue weighted by Crippen LogP contribution is -2.42. The van der Waals surface area contributed by atoms with Crippen LogP contribution >= 0.6 is 15.9 Å². The van der Waals surface area contributed by atoms with E-state index >= 15 is 0 Å². The fourth-order valence-corrected chi connectivity index (χ4v) is 2.20. The Morgan fingerprint density at radius 3 is 2.40 bits per heavy atom. The molecule has 0 fully saturated rings. The van der Waals surface area contributed by atoms with Crippen LogP contribution < -0.4 is 5.32 Å². The second kappa shape index (κ2) is 6.39. The first kappa shape index (κ1) is 16.7. The van der Waals surface area contributed by atoms with Crippen molar-refractivity contribution in [2.24, 2.45) is 0 Å². The van der Waals surface area contributed by atoms with E-state index < -0.39 is 17.6 Å². The minimum atomic E-state index is -0.699.